The van der Waals surface area contributed by atoms with Gasteiger partial charge in [-0.1, -0.05) is 18.2 Å². The fraction of sp³-hybridized carbons (Fsp3) is 0.381. The summed E-state index contributed by atoms with van der Waals surface area (Å²) in [6.07, 6.45) is 1.57. The molecule has 1 N–H and O–H groups in total. The van der Waals surface area contributed by atoms with E-state index in [1.54, 1.807) is 26.2 Å². The fourth-order valence-electron chi connectivity index (χ4n) is 3.57. The molecule has 0 spiro atoms. The van der Waals surface area contributed by atoms with Crippen molar-refractivity contribution in [1.29, 1.82) is 0 Å². The molecule has 0 saturated carbocycles. The van der Waals surface area contributed by atoms with Crippen molar-refractivity contribution in [2.24, 2.45) is 0 Å². The van der Waals surface area contributed by atoms with Crippen LogP contribution in [0, 0.1) is 17.0 Å². The first-order chi connectivity index (χ1) is 13.4. The Balaban J connectivity index is 1.79. The molecule has 1 saturated heterocycles. The Morgan fingerprint density at radius 1 is 1.21 bits per heavy atom. The van der Waals surface area contributed by atoms with Crippen LogP contribution in [-0.4, -0.2) is 37.7 Å². The van der Waals surface area contributed by atoms with Crippen molar-refractivity contribution in [1.82, 2.24) is 5.32 Å². The van der Waals surface area contributed by atoms with Gasteiger partial charge in [-0.3, -0.25) is 14.9 Å². The van der Waals surface area contributed by atoms with E-state index in [9.17, 15) is 14.9 Å². The van der Waals surface area contributed by atoms with Gasteiger partial charge >= 0.3 is 0 Å². The molecule has 0 radical (unpaired) electrons. The maximum Gasteiger partial charge on any atom is 0.273 e. The summed E-state index contributed by atoms with van der Waals surface area (Å²) in [6, 6.07) is 12.4. The second-order valence-corrected chi connectivity index (χ2v) is 7.06. The number of ether oxygens (including phenoxy) is 2. The predicted molar refractivity (Wildman–Crippen MR) is 105 cm³/mol. The average molecular weight is 384 g/mol. The highest BCUT2D eigenvalue weighted by atomic mass is 16.6. The second-order valence-electron chi connectivity index (χ2n) is 7.06. The molecule has 1 aliphatic rings. The number of benzene rings is 2. The van der Waals surface area contributed by atoms with Crippen molar-refractivity contribution in [3.8, 4) is 5.75 Å². The first-order valence-corrected chi connectivity index (χ1v) is 9.21. The molecule has 2 aromatic carbocycles. The van der Waals surface area contributed by atoms with Crippen LogP contribution in [0.4, 0.5) is 5.69 Å². The Bertz CT molecular complexity index is 858. The number of amides is 1. The molecule has 2 aromatic rings. The summed E-state index contributed by atoms with van der Waals surface area (Å²) >= 11 is 0. The number of aryl methyl sites for hydroxylation is 1. The molecule has 0 bridgehead atoms. The lowest BCUT2D eigenvalue weighted by Gasteiger charge is -2.38. The number of nitro benzene ring substituents is 1. The number of carbonyl (C=O) groups excluding carboxylic acids is 1. The molecule has 0 atom stereocenters. The Kier molecular flexibility index (Phi) is 5.94. The second kappa shape index (κ2) is 8.39. The van der Waals surface area contributed by atoms with E-state index in [4.69, 9.17) is 9.47 Å². The number of methoxy groups -OCH3 is 1. The van der Waals surface area contributed by atoms with Gasteiger partial charge in [0.15, 0.2) is 0 Å². The van der Waals surface area contributed by atoms with Gasteiger partial charge in [-0.15, -0.1) is 0 Å². The van der Waals surface area contributed by atoms with Crippen molar-refractivity contribution < 1.29 is 19.2 Å². The summed E-state index contributed by atoms with van der Waals surface area (Å²) in [6.45, 7) is 3.33. The van der Waals surface area contributed by atoms with Gasteiger partial charge in [-0.25, -0.2) is 0 Å². The average Bonchev–Trinajstić information content (AvgIpc) is 2.73. The SMILES string of the molecule is COc1ccc(C2(CNC(=O)c3ccc(C)c([N+](=O)[O-])c3)CCOCC2)cc1. The van der Waals surface area contributed by atoms with Crippen LogP contribution in [0.2, 0.25) is 0 Å². The molecular formula is C21H24N2O5. The molecule has 7 heteroatoms. The predicted octanol–water partition coefficient (Wildman–Crippen LogP) is 3.39. The molecule has 1 heterocycles. The summed E-state index contributed by atoms with van der Waals surface area (Å²) in [7, 11) is 1.63. The van der Waals surface area contributed by atoms with Crippen LogP contribution < -0.4 is 10.1 Å². The lowest BCUT2D eigenvalue weighted by Crippen LogP contribution is -2.44. The van der Waals surface area contributed by atoms with E-state index in [1.165, 1.54) is 6.07 Å². The monoisotopic (exact) mass is 384 g/mol. The van der Waals surface area contributed by atoms with Crippen LogP contribution >= 0.6 is 0 Å². The maximum absolute atomic E-state index is 12.7. The van der Waals surface area contributed by atoms with Gasteiger partial charge in [0.2, 0.25) is 0 Å². The first kappa shape index (κ1) is 19.8. The van der Waals surface area contributed by atoms with Crippen LogP contribution in [-0.2, 0) is 10.2 Å². The zero-order valence-corrected chi connectivity index (χ0v) is 16.1. The molecule has 0 aliphatic carbocycles. The summed E-state index contributed by atoms with van der Waals surface area (Å²) in [5.74, 6) is 0.462. The quantitative estimate of drug-likeness (QED) is 0.609. The molecule has 148 valence electrons. The number of rotatable bonds is 6. The molecule has 3 rings (SSSR count). The van der Waals surface area contributed by atoms with Crippen molar-refractivity contribution in [3.05, 3.63) is 69.3 Å². The molecule has 0 unspecified atom stereocenters. The van der Waals surface area contributed by atoms with Crippen molar-refractivity contribution >= 4 is 11.6 Å². The Hall–Kier alpha value is -2.93. The topological polar surface area (TPSA) is 90.7 Å². The minimum absolute atomic E-state index is 0.0522. The smallest absolute Gasteiger partial charge is 0.273 e. The van der Waals surface area contributed by atoms with Gasteiger partial charge in [-0.05, 0) is 43.5 Å². The van der Waals surface area contributed by atoms with Gasteiger partial charge in [-0.2, -0.15) is 0 Å². The van der Waals surface area contributed by atoms with E-state index >= 15 is 0 Å². The van der Waals surface area contributed by atoms with Crippen molar-refractivity contribution in [2.75, 3.05) is 26.9 Å². The zero-order valence-electron chi connectivity index (χ0n) is 16.1. The summed E-state index contributed by atoms with van der Waals surface area (Å²) < 4.78 is 10.8. The largest absolute Gasteiger partial charge is 0.497 e. The molecular weight excluding hydrogens is 360 g/mol. The molecule has 1 fully saturated rings. The highest BCUT2D eigenvalue weighted by Gasteiger charge is 2.35. The highest BCUT2D eigenvalue weighted by molar-refractivity contribution is 5.95. The minimum Gasteiger partial charge on any atom is -0.497 e. The Morgan fingerprint density at radius 2 is 1.89 bits per heavy atom. The van der Waals surface area contributed by atoms with Crippen molar-refractivity contribution in [2.45, 2.75) is 25.2 Å². The molecule has 1 amide bonds. The van der Waals surface area contributed by atoms with E-state index in [0.29, 0.717) is 25.3 Å². The third-order valence-corrected chi connectivity index (χ3v) is 5.41. The number of carbonyl (C=O) groups is 1. The third-order valence-electron chi connectivity index (χ3n) is 5.41. The number of nitro groups is 1. The van der Waals surface area contributed by atoms with Gasteiger partial charge in [0.05, 0.1) is 12.0 Å². The van der Waals surface area contributed by atoms with Gasteiger partial charge in [0, 0.05) is 42.4 Å². The summed E-state index contributed by atoms with van der Waals surface area (Å²) in [5, 5.41) is 14.1. The lowest BCUT2D eigenvalue weighted by molar-refractivity contribution is -0.385. The number of nitrogens with one attached hydrogen (secondary N) is 1. The van der Waals surface area contributed by atoms with Crippen LogP contribution in [0.3, 0.4) is 0 Å². The number of nitrogens with zero attached hydrogens (tertiary/aromatic N) is 1. The van der Waals surface area contributed by atoms with Crippen LogP contribution in [0.15, 0.2) is 42.5 Å². The van der Waals surface area contributed by atoms with Crippen LogP contribution in [0.1, 0.15) is 34.3 Å². The van der Waals surface area contributed by atoms with E-state index in [2.05, 4.69) is 5.32 Å². The third kappa shape index (κ3) is 4.14. The summed E-state index contributed by atoms with van der Waals surface area (Å²) in [4.78, 5) is 23.3. The maximum atomic E-state index is 12.7. The highest BCUT2D eigenvalue weighted by Crippen LogP contribution is 2.35. The molecule has 28 heavy (non-hydrogen) atoms. The van der Waals surface area contributed by atoms with E-state index in [1.807, 2.05) is 24.3 Å². The van der Waals surface area contributed by atoms with Gasteiger partial charge in [0.1, 0.15) is 5.75 Å². The standard InChI is InChI=1S/C21H24N2O5/c1-15-3-4-16(13-19(15)23(25)26)20(24)22-14-21(9-11-28-12-10-21)17-5-7-18(27-2)8-6-17/h3-8,13H,9-12,14H2,1-2H3,(H,22,24). The van der Waals surface area contributed by atoms with Crippen molar-refractivity contribution in [3.63, 3.8) is 0 Å². The van der Waals surface area contributed by atoms with Gasteiger partial charge in [0.25, 0.3) is 11.6 Å². The Morgan fingerprint density at radius 3 is 2.50 bits per heavy atom. The molecule has 0 aromatic heterocycles. The van der Waals surface area contributed by atoms with Crippen LogP contribution in [0.25, 0.3) is 0 Å². The minimum atomic E-state index is -0.469. The van der Waals surface area contributed by atoms with E-state index in [-0.39, 0.29) is 22.6 Å². The molecule has 7 nitrogen and oxygen atoms in total. The Labute approximate surface area is 163 Å². The lowest BCUT2D eigenvalue weighted by atomic mass is 9.74. The van der Waals surface area contributed by atoms with E-state index < -0.39 is 4.92 Å². The molecule has 1 aliphatic heterocycles. The summed E-state index contributed by atoms with van der Waals surface area (Å²) in [5.41, 5.74) is 1.64. The van der Waals surface area contributed by atoms with E-state index in [0.717, 1.165) is 24.2 Å². The zero-order chi connectivity index (χ0) is 20.1. The fourth-order valence-corrected chi connectivity index (χ4v) is 3.57. The van der Waals surface area contributed by atoms with Crippen LogP contribution in [0.5, 0.6) is 5.75 Å². The first-order valence-electron chi connectivity index (χ1n) is 9.21. The normalized spacial score (nSPS) is 15.6. The number of hydrogen-bond acceptors (Lipinski definition) is 5. The van der Waals surface area contributed by atoms with Gasteiger partial charge < -0.3 is 14.8 Å². The number of hydrogen-bond donors (Lipinski definition) is 1.